The Bertz CT molecular complexity index is 913. The van der Waals surface area contributed by atoms with Crippen molar-refractivity contribution < 1.29 is 9.84 Å². The highest BCUT2D eigenvalue weighted by atomic mass is 16.5. The minimum Gasteiger partial charge on any atom is -0.490 e. The highest BCUT2D eigenvalue weighted by molar-refractivity contribution is 5.88. The summed E-state index contributed by atoms with van der Waals surface area (Å²) in [6.07, 6.45) is 0.664. The van der Waals surface area contributed by atoms with E-state index in [4.69, 9.17) is 4.74 Å². The summed E-state index contributed by atoms with van der Waals surface area (Å²) in [5.41, 5.74) is 1.17. The summed E-state index contributed by atoms with van der Waals surface area (Å²) in [4.78, 5) is 16.3. The Labute approximate surface area is 140 Å². The highest BCUT2D eigenvalue weighted by Crippen LogP contribution is 2.25. The van der Waals surface area contributed by atoms with E-state index >= 15 is 0 Å². The smallest absolute Gasteiger partial charge is 0.256 e. The molecule has 24 heavy (non-hydrogen) atoms. The van der Waals surface area contributed by atoms with Crippen LogP contribution in [0, 0.1) is 13.8 Å². The standard InChI is InChI=1S/C19H20N2O3/c1-13-14(2)20-12-21(19(13)23)10-16(22)11-24-18-9-5-7-15-6-3-4-8-17(15)18/h3-9,12,16,22H,10-11H2,1-2H3/t16-/m1/s1. The van der Waals surface area contributed by atoms with Crippen LogP contribution in [-0.2, 0) is 6.54 Å². The predicted octanol–water partition coefficient (Wildman–Crippen LogP) is 2.45. The van der Waals surface area contributed by atoms with E-state index in [1.807, 2.05) is 42.5 Å². The summed E-state index contributed by atoms with van der Waals surface area (Å²) in [5.74, 6) is 0.720. The molecule has 0 saturated carbocycles. The van der Waals surface area contributed by atoms with E-state index in [9.17, 15) is 9.90 Å². The van der Waals surface area contributed by atoms with Gasteiger partial charge in [-0.2, -0.15) is 0 Å². The first kappa shape index (κ1) is 16.2. The molecular formula is C19H20N2O3. The van der Waals surface area contributed by atoms with Crippen LogP contribution in [-0.4, -0.2) is 27.4 Å². The van der Waals surface area contributed by atoms with Gasteiger partial charge in [-0.05, 0) is 25.3 Å². The van der Waals surface area contributed by atoms with Crippen molar-refractivity contribution in [2.24, 2.45) is 0 Å². The van der Waals surface area contributed by atoms with Gasteiger partial charge in [0, 0.05) is 16.6 Å². The fourth-order valence-corrected chi connectivity index (χ4v) is 2.59. The number of rotatable bonds is 5. The molecular weight excluding hydrogens is 304 g/mol. The number of aliphatic hydroxyl groups is 1. The van der Waals surface area contributed by atoms with E-state index in [0.717, 1.165) is 16.5 Å². The van der Waals surface area contributed by atoms with E-state index in [1.165, 1.54) is 10.9 Å². The first-order chi connectivity index (χ1) is 11.6. The van der Waals surface area contributed by atoms with Gasteiger partial charge in [0.25, 0.3) is 5.56 Å². The lowest BCUT2D eigenvalue weighted by Gasteiger charge is -2.15. The molecule has 1 atom stereocenters. The topological polar surface area (TPSA) is 64.3 Å². The Morgan fingerprint density at radius 1 is 1.17 bits per heavy atom. The third kappa shape index (κ3) is 3.31. The number of aromatic nitrogens is 2. The lowest BCUT2D eigenvalue weighted by atomic mass is 10.1. The van der Waals surface area contributed by atoms with Gasteiger partial charge in [-0.25, -0.2) is 4.98 Å². The fourth-order valence-electron chi connectivity index (χ4n) is 2.59. The van der Waals surface area contributed by atoms with Crippen molar-refractivity contribution in [2.45, 2.75) is 26.5 Å². The molecule has 0 spiro atoms. The molecule has 1 aromatic heterocycles. The van der Waals surface area contributed by atoms with Crippen LogP contribution < -0.4 is 10.3 Å². The molecule has 0 bridgehead atoms. The zero-order valence-electron chi connectivity index (χ0n) is 13.8. The quantitative estimate of drug-likeness (QED) is 0.783. The molecule has 124 valence electrons. The molecule has 0 unspecified atom stereocenters. The number of fused-ring (bicyclic) bond motifs is 1. The Hall–Kier alpha value is -2.66. The lowest BCUT2D eigenvalue weighted by Crippen LogP contribution is -2.31. The van der Waals surface area contributed by atoms with E-state index in [0.29, 0.717) is 11.3 Å². The minimum atomic E-state index is -0.800. The second kappa shape index (κ2) is 6.84. The van der Waals surface area contributed by atoms with E-state index in [-0.39, 0.29) is 18.7 Å². The summed E-state index contributed by atoms with van der Waals surface area (Å²) < 4.78 is 7.18. The molecule has 0 amide bonds. The molecule has 0 aliphatic heterocycles. The summed E-state index contributed by atoms with van der Waals surface area (Å²) in [5, 5.41) is 12.3. The van der Waals surface area contributed by atoms with Gasteiger partial charge in [0.1, 0.15) is 18.5 Å². The van der Waals surface area contributed by atoms with Crippen LogP contribution in [0.15, 0.2) is 53.6 Å². The van der Waals surface area contributed by atoms with Gasteiger partial charge in [-0.1, -0.05) is 36.4 Å². The van der Waals surface area contributed by atoms with Crippen molar-refractivity contribution in [1.29, 1.82) is 0 Å². The predicted molar refractivity (Wildman–Crippen MR) is 93.4 cm³/mol. The maximum Gasteiger partial charge on any atom is 0.256 e. The number of ether oxygens (including phenoxy) is 1. The highest BCUT2D eigenvalue weighted by Gasteiger charge is 2.11. The van der Waals surface area contributed by atoms with Crippen molar-refractivity contribution in [2.75, 3.05) is 6.61 Å². The maximum absolute atomic E-state index is 12.1. The van der Waals surface area contributed by atoms with Gasteiger partial charge < -0.3 is 9.84 Å². The molecule has 5 nitrogen and oxygen atoms in total. The third-order valence-corrected chi connectivity index (χ3v) is 4.10. The van der Waals surface area contributed by atoms with Crippen molar-refractivity contribution >= 4 is 10.8 Å². The summed E-state index contributed by atoms with van der Waals surface area (Å²) in [7, 11) is 0. The Balaban J connectivity index is 1.71. The number of hydrogen-bond acceptors (Lipinski definition) is 4. The lowest BCUT2D eigenvalue weighted by molar-refractivity contribution is 0.0919. The number of aliphatic hydroxyl groups excluding tert-OH is 1. The summed E-state index contributed by atoms with van der Waals surface area (Å²) in [6, 6.07) is 13.7. The molecule has 3 rings (SSSR count). The normalized spacial score (nSPS) is 12.3. The monoisotopic (exact) mass is 324 g/mol. The van der Waals surface area contributed by atoms with Crippen molar-refractivity contribution in [3.05, 3.63) is 70.4 Å². The average Bonchev–Trinajstić information content (AvgIpc) is 2.60. The number of nitrogens with zero attached hydrogens (tertiary/aromatic N) is 2. The zero-order chi connectivity index (χ0) is 17.1. The maximum atomic E-state index is 12.1. The third-order valence-electron chi connectivity index (χ3n) is 4.10. The van der Waals surface area contributed by atoms with Crippen LogP contribution in [0.5, 0.6) is 5.75 Å². The van der Waals surface area contributed by atoms with Gasteiger partial charge in [-0.3, -0.25) is 9.36 Å². The average molecular weight is 324 g/mol. The van der Waals surface area contributed by atoms with Crippen molar-refractivity contribution in [3.63, 3.8) is 0 Å². The van der Waals surface area contributed by atoms with Gasteiger partial charge in [0.05, 0.1) is 12.9 Å². The first-order valence-electron chi connectivity index (χ1n) is 7.87. The first-order valence-corrected chi connectivity index (χ1v) is 7.87. The summed E-state index contributed by atoms with van der Waals surface area (Å²) in [6.45, 7) is 3.78. The fraction of sp³-hybridized carbons (Fsp3) is 0.263. The molecule has 5 heteroatoms. The number of aryl methyl sites for hydroxylation is 1. The van der Waals surface area contributed by atoms with E-state index in [2.05, 4.69) is 4.98 Å². The Kier molecular flexibility index (Phi) is 4.62. The van der Waals surface area contributed by atoms with E-state index < -0.39 is 6.10 Å². The number of benzene rings is 2. The van der Waals surface area contributed by atoms with Gasteiger partial charge >= 0.3 is 0 Å². The molecule has 1 N–H and O–H groups in total. The molecule has 0 aliphatic carbocycles. The van der Waals surface area contributed by atoms with Gasteiger partial charge in [0.2, 0.25) is 0 Å². The molecule has 0 aliphatic rings. The van der Waals surface area contributed by atoms with Crippen LogP contribution in [0.4, 0.5) is 0 Å². The second-order valence-electron chi connectivity index (χ2n) is 5.85. The van der Waals surface area contributed by atoms with Crippen LogP contribution >= 0.6 is 0 Å². The zero-order valence-corrected chi connectivity index (χ0v) is 13.8. The summed E-state index contributed by atoms with van der Waals surface area (Å²) >= 11 is 0. The van der Waals surface area contributed by atoms with Crippen LogP contribution in [0.3, 0.4) is 0 Å². The number of hydrogen-bond donors (Lipinski definition) is 1. The van der Waals surface area contributed by atoms with Crippen LogP contribution in [0.1, 0.15) is 11.3 Å². The Morgan fingerprint density at radius 2 is 1.92 bits per heavy atom. The largest absolute Gasteiger partial charge is 0.490 e. The van der Waals surface area contributed by atoms with Crippen LogP contribution in [0.2, 0.25) is 0 Å². The minimum absolute atomic E-state index is 0.105. The molecule has 1 heterocycles. The van der Waals surface area contributed by atoms with Crippen LogP contribution in [0.25, 0.3) is 10.8 Å². The second-order valence-corrected chi connectivity index (χ2v) is 5.85. The molecule has 3 aromatic rings. The molecule has 0 saturated heterocycles. The molecule has 0 fully saturated rings. The Morgan fingerprint density at radius 3 is 2.75 bits per heavy atom. The van der Waals surface area contributed by atoms with Gasteiger partial charge in [-0.15, -0.1) is 0 Å². The van der Waals surface area contributed by atoms with E-state index in [1.54, 1.807) is 13.8 Å². The van der Waals surface area contributed by atoms with Crippen molar-refractivity contribution in [3.8, 4) is 5.75 Å². The molecule has 2 aromatic carbocycles. The van der Waals surface area contributed by atoms with Crippen molar-refractivity contribution in [1.82, 2.24) is 9.55 Å². The molecule has 0 radical (unpaired) electrons. The SMILES string of the molecule is Cc1ncn(C[C@@H](O)COc2cccc3ccccc23)c(=O)c1C. The van der Waals surface area contributed by atoms with Gasteiger partial charge in [0.15, 0.2) is 0 Å².